The first-order chi connectivity index (χ1) is 20.4. The second-order valence-corrected chi connectivity index (χ2v) is 12.3. The van der Waals surface area contributed by atoms with Crippen LogP contribution < -0.4 is 10.6 Å². The molecule has 0 spiro atoms. The van der Waals surface area contributed by atoms with Gasteiger partial charge >= 0.3 is 18.2 Å². The van der Waals surface area contributed by atoms with Crippen LogP contribution >= 0.6 is 0 Å². The van der Waals surface area contributed by atoms with Gasteiger partial charge in [-0.25, -0.2) is 14.4 Å². The van der Waals surface area contributed by atoms with Crippen LogP contribution in [0.4, 0.5) is 9.59 Å². The Bertz CT molecular complexity index is 1270. The molecule has 43 heavy (non-hydrogen) atoms. The van der Waals surface area contributed by atoms with E-state index in [-0.39, 0.29) is 31.6 Å². The standard InChI is InChI=1S/C33H43N3O7/c1-21(2)42-30(38)27(35-29(37)28-17-11-19-36(28)32(40)43-33(3,4)5)16-10-18-34-31(39)41-20-26-24-14-8-6-12-22(24)23-13-7-9-15-25(23)26/h6-9,12-15,21,26-28H,10-11,16-20H2,1-5H3,(H,34,39)(H,35,37)/t27-,28-/m0/s1. The van der Waals surface area contributed by atoms with Gasteiger partial charge in [-0.05, 0) is 82.6 Å². The number of hydrogen-bond donors (Lipinski definition) is 2. The van der Waals surface area contributed by atoms with E-state index >= 15 is 0 Å². The van der Waals surface area contributed by atoms with E-state index in [1.54, 1.807) is 34.6 Å². The summed E-state index contributed by atoms with van der Waals surface area (Å²) >= 11 is 0. The maximum atomic E-state index is 13.2. The molecule has 10 nitrogen and oxygen atoms in total. The van der Waals surface area contributed by atoms with Gasteiger partial charge < -0.3 is 24.8 Å². The number of nitrogens with zero attached hydrogens (tertiary/aromatic N) is 1. The summed E-state index contributed by atoms with van der Waals surface area (Å²) in [5.74, 6) is -1.04. The number of benzene rings is 2. The first-order valence-corrected chi connectivity index (χ1v) is 15.0. The average molecular weight is 594 g/mol. The van der Waals surface area contributed by atoms with Crippen molar-refractivity contribution in [2.75, 3.05) is 19.7 Å². The number of alkyl carbamates (subject to hydrolysis) is 1. The van der Waals surface area contributed by atoms with Crippen LogP contribution in [0.15, 0.2) is 48.5 Å². The van der Waals surface area contributed by atoms with Crippen molar-refractivity contribution in [2.45, 2.75) is 90.0 Å². The fraction of sp³-hybridized carbons (Fsp3) is 0.515. The van der Waals surface area contributed by atoms with Crippen LogP contribution in [-0.4, -0.2) is 72.4 Å². The topological polar surface area (TPSA) is 123 Å². The number of esters is 1. The van der Waals surface area contributed by atoms with Gasteiger partial charge in [0.25, 0.3) is 0 Å². The summed E-state index contributed by atoms with van der Waals surface area (Å²) < 4.78 is 16.4. The van der Waals surface area contributed by atoms with Gasteiger partial charge in [0.2, 0.25) is 5.91 Å². The zero-order valence-corrected chi connectivity index (χ0v) is 25.7. The summed E-state index contributed by atoms with van der Waals surface area (Å²) in [6.45, 7) is 9.62. The summed E-state index contributed by atoms with van der Waals surface area (Å²) in [5.41, 5.74) is 3.88. The van der Waals surface area contributed by atoms with Gasteiger partial charge in [0.1, 0.15) is 24.3 Å². The third kappa shape index (κ3) is 8.27. The van der Waals surface area contributed by atoms with E-state index in [9.17, 15) is 19.2 Å². The molecular weight excluding hydrogens is 550 g/mol. The number of rotatable bonds is 10. The highest BCUT2D eigenvalue weighted by Crippen LogP contribution is 2.44. The lowest BCUT2D eigenvalue weighted by Crippen LogP contribution is -2.52. The van der Waals surface area contributed by atoms with Gasteiger partial charge in [0.05, 0.1) is 6.10 Å². The normalized spacial score (nSPS) is 16.7. The highest BCUT2D eigenvalue weighted by Gasteiger charge is 2.38. The smallest absolute Gasteiger partial charge is 0.410 e. The van der Waals surface area contributed by atoms with E-state index in [0.29, 0.717) is 25.8 Å². The van der Waals surface area contributed by atoms with Crippen molar-refractivity contribution in [2.24, 2.45) is 0 Å². The van der Waals surface area contributed by atoms with Crippen LogP contribution in [0.5, 0.6) is 0 Å². The van der Waals surface area contributed by atoms with Crippen LogP contribution in [-0.2, 0) is 23.8 Å². The third-order valence-corrected chi connectivity index (χ3v) is 7.42. The predicted molar refractivity (Wildman–Crippen MR) is 161 cm³/mol. The molecule has 2 aromatic carbocycles. The van der Waals surface area contributed by atoms with Crippen molar-refractivity contribution in [1.29, 1.82) is 0 Å². The van der Waals surface area contributed by atoms with Crippen molar-refractivity contribution in [3.8, 4) is 11.1 Å². The van der Waals surface area contributed by atoms with Gasteiger partial charge in [-0.2, -0.15) is 0 Å². The molecule has 232 valence electrons. The summed E-state index contributed by atoms with van der Waals surface area (Å²) in [7, 11) is 0. The lowest BCUT2D eigenvalue weighted by Gasteiger charge is -2.29. The summed E-state index contributed by atoms with van der Waals surface area (Å²) in [6, 6.07) is 14.6. The molecule has 2 N–H and O–H groups in total. The molecule has 4 rings (SSSR count). The van der Waals surface area contributed by atoms with Crippen molar-refractivity contribution >= 4 is 24.1 Å². The Morgan fingerprint density at radius 2 is 1.60 bits per heavy atom. The second-order valence-electron chi connectivity index (χ2n) is 12.3. The van der Waals surface area contributed by atoms with Crippen LogP contribution in [0.1, 0.15) is 77.3 Å². The average Bonchev–Trinajstić information content (AvgIpc) is 3.56. The summed E-state index contributed by atoms with van der Waals surface area (Å²) in [6.07, 6.45) is 0.284. The first-order valence-electron chi connectivity index (χ1n) is 15.0. The molecule has 0 radical (unpaired) electrons. The summed E-state index contributed by atoms with van der Waals surface area (Å²) in [4.78, 5) is 52.6. The Balaban J connectivity index is 1.28. The third-order valence-electron chi connectivity index (χ3n) is 7.42. The molecule has 0 saturated carbocycles. The van der Waals surface area contributed by atoms with Crippen molar-refractivity contribution in [3.05, 3.63) is 59.7 Å². The SMILES string of the molecule is CC(C)OC(=O)[C@H](CCCNC(=O)OCC1c2ccccc2-c2ccccc21)NC(=O)[C@@H]1CCCN1C(=O)OC(C)(C)C. The van der Waals surface area contributed by atoms with Gasteiger partial charge in [-0.3, -0.25) is 9.69 Å². The summed E-state index contributed by atoms with van der Waals surface area (Å²) in [5, 5.41) is 5.52. The number of carbonyl (C=O) groups excluding carboxylic acids is 4. The van der Waals surface area contributed by atoms with Crippen molar-refractivity contribution < 1.29 is 33.4 Å². The molecule has 0 bridgehead atoms. The Labute approximate surface area is 253 Å². The van der Waals surface area contributed by atoms with Gasteiger partial charge in [-0.1, -0.05) is 48.5 Å². The van der Waals surface area contributed by atoms with Gasteiger partial charge in [0, 0.05) is 19.0 Å². The van der Waals surface area contributed by atoms with E-state index in [2.05, 4.69) is 34.9 Å². The number of amides is 3. The minimum absolute atomic E-state index is 0.0422. The fourth-order valence-electron chi connectivity index (χ4n) is 5.56. The number of hydrogen-bond acceptors (Lipinski definition) is 7. The predicted octanol–water partition coefficient (Wildman–Crippen LogP) is 5.14. The molecule has 0 unspecified atom stereocenters. The Hall–Kier alpha value is -4.08. The lowest BCUT2D eigenvalue weighted by atomic mass is 9.98. The molecular formula is C33H43N3O7. The molecule has 10 heteroatoms. The van der Waals surface area contributed by atoms with E-state index in [0.717, 1.165) is 22.3 Å². The molecule has 2 aromatic rings. The highest BCUT2D eigenvalue weighted by molar-refractivity contribution is 5.90. The molecule has 1 aliphatic carbocycles. The van der Waals surface area contributed by atoms with Crippen molar-refractivity contribution in [3.63, 3.8) is 0 Å². The maximum absolute atomic E-state index is 13.2. The minimum atomic E-state index is -0.930. The van der Waals surface area contributed by atoms with Crippen LogP contribution in [0.3, 0.4) is 0 Å². The van der Waals surface area contributed by atoms with Crippen LogP contribution in [0, 0.1) is 0 Å². The molecule has 2 atom stereocenters. The number of nitrogens with one attached hydrogen (secondary N) is 2. The number of fused-ring (bicyclic) bond motifs is 3. The molecule has 0 aromatic heterocycles. The lowest BCUT2D eigenvalue weighted by molar-refractivity contribution is -0.152. The largest absolute Gasteiger partial charge is 0.461 e. The van der Waals surface area contributed by atoms with E-state index in [1.807, 2.05) is 24.3 Å². The van der Waals surface area contributed by atoms with E-state index in [1.165, 1.54) is 4.90 Å². The monoisotopic (exact) mass is 593 g/mol. The Morgan fingerprint density at radius 1 is 0.977 bits per heavy atom. The van der Waals surface area contributed by atoms with Crippen LogP contribution in [0.2, 0.25) is 0 Å². The minimum Gasteiger partial charge on any atom is -0.461 e. The zero-order chi connectivity index (χ0) is 31.1. The van der Waals surface area contributed by atoms with Gasteiger partial charge in [0.15, 0.2) is 0 Å². The zero-order valence-electron chi connectivity index (χ0n) is 25.7. The van der Waals surface area contributed by atoms with Crippen LogP contribution in [0.25, 0.3) is 11.1 Å². The molecule has 1 aliphatic heterocycles. The van der Waals surface area contributed by atoms with Gasteiger partial charge in [-0.15, -0.1) is 0 Å². The quantitative estimate of drug-likeness (QED) is 0.222. The Kier molecular flexibility index (Phi) is 10.3. The maximum Gasteiger partial charge on any atom is 0.410 e. The fourth-order valence-corrected chi connectivity index (χ4v) is 5.56. The molecule has 1 fully saturated rings. The number of carbonyl (C=O) groups is 4. The molecule has 1 heterocycles. The first kappa shape index (κ1) is 31.8. The Morgan fingerprint density at radius 3 is 2.21 bits per heavy atom. The second kappa shape index (κ2) is 13.9. The molecule has 3 amide bonds. The van der Waals surface area contributed by atoms with Crippen molar-refractivity contribution in [1.82, 2.24) is 15.5 Å². The number of likely N-dealkylation sites (tertiary alicyclic amines) is 1. The molecule has 2 aliphatic rings. The van der Waals surface area contributed by atoms with E-state index < -0.39 is 41.7 Å². The highest BCUT2D eigenvalue weighted by atomic mass is 16.6. The van der Waals surface area contributed by atoms with E-state index in [4.69, 9.17) is 14.2 Å². The number of ether oxygens (including phenoxy) is 3. The molecule has 1 saturated heterocycles.